The summed E-state index contributed by atoms with van der Waals surface area (Å²) in [5.74, 6) is 0.365. The molecule has 0 atom stereocenters. The maximum absolute atomic E-state index is 11.9. The first-order valence-electron chi connectivity index (χ1n) is 7.09. The first kappa shape index (κ1) is 16.9. The second-order valence-electron chi connectivity index (χ2n) is 4.99. The monoisotopic (exact) mass is 450 g/mol. The topological polar surface area (TPSA) is 65.2 Å². The molecule has 3 aromatic rings. The predicted octanol–water partition coefficient (Wildman–Crippen LogP) is 4.55. The minimum Gasteiger partial charge on any atom is -0.455 e. The minimum absolute atomic E-state index is 0.0453. The molecule has 0 radical (unpaired) electrons. The zero-order chi connectivity index (χ0) is 16.9. The quantitative estimate of drug-likeness (QED) is 0.532. The van der Waals surface area contributed by atoms with Crippen LogP contribution < -0.4 is 0 Å². The maximum Gasteiger partial charge on any atom is 0.310 e. The van der Waals surface area contributed by atoms with Crippen LogP contribution in [-0.4, -0.2) is 16.1 Å². The van der Waals surface area contributed by atoms with E-state index >= 15 is 0 Å². The molecule has 0 spiro atoms. The van der Waals surface area contributed by atoms with Gasteiger partial charge < -0.3 is 9.26 Å². The first-order valence-corrected chi connectivity index (χ1v) is 8.67. The van der Waals surface area contributed by atoms with Crippen molar-refractivity contribution < 1.29 is 14.1 Å². The van der Waals surface area contributed by atoms with Crippen LogP contribution in [0.5, 0.6) is 0 Å². The van der Waals surface area contributed by atoms with Crippen molar-refractivity contribution >= 4 is 37.8 Å². The third-order valence-electron chi connectivity index (χ3n) is 3.17. The molecule has 0 N–H and O–H groups in total. The van der Waals surface area contributed by atoms with Crippen molar-refractivity contribution in [2.75, 3.05) is 0 Å². The zero-order valence-corrected chi connectivity index (χ0v) is 15.6. The summed E-state index contributed by atoms with van der Waals surface area (Å²) in [4.78, 5) is 16.1. The highest BCUT2D eigenvalue weighted by Gasteiger charge is 2.12. The van der Waals surface area contributed by atoms with Crippen LogP contribution in [0.25, 0.3) is 11.4 Å². The summed E-state index contributed by atoms with van der Waals surface area (Å²) in [6.07, 6.45) is 0.194. The fourth-order valence-electron chi connectivity index (χ4n) is 2.02. The van der Waals surface area contributed by atoms with Gasteiger partial charge in [-0.3, -0.25) is 4.79 Å². The normalized spacial score (nSPS) is 10.6. The van der Waals surface area contributed by atoms with E-state index in [0.717, 1.165) is 20.1 Å². The second-order valence-corrected chi connectivity index (χ2v) is 6.82. The van der Waals surface area contributed by atoms with Gasteiger partial charge in [0.2, 0.25) is 5.82 Å². The average Bonchev–Trinajstić information content (AvgIpc) is 3.04. The average molecular weight is 452 g/mol. The minimum atomic E-state index is -0.348. The van der Waals surface area contributed by atoms with Crippen molar-refractivity contribution in [3.8, 4) is 11.4 Å². The molecule has 24 heavy (non-hydrogen) atoms. The molecular formula is C17H12Br2N2O3. The molecule has 0 bridgehead atoms. The van der Waals surface area contributed by atoms with Crippen LogP contribution in [0.4, 0.5) is 0 Å². The number of carbonyl (C=O) groups excluding carboxylic acids is 1. The van der Waals surface area contributed by atoms with E-state index < -0.39 is 0 Å². The highest BCUT2D eigenvalue weighted by molar-refractivity contribution is 9.10. The lowest BCUT2D eigenvalue weighted by Crippen LogP contribution is -2.08. The Labute approximate surface area is 155 Å². The lowest BCUT2D eigenvalue weighted by atomic mass is 10.2. The van der Waals surface area contributed by atoms with Gasteiger partial charge in [-0.1, -0.05) is 61.3 Å². The summed E-state index contributed by atoms with van der Waals surface area (Å²) in [5, 5.41) is 3.90. The third kappa shape index (κ3) is 4.52. The Kier molecular flexibility index (Phi) is 5.42. The number of esters is 1. The summed E-state index contributed by atoms with van der Waals surface area (Å²) in [5.41, 5.74) is 1.70. The standard InChI is InChI=1S/C17H12Br2N2O3/c18-13-6-4-11(5-7-13)8-16(22)23-10-15-20-17(21-24-15)12-2-1-3-14(19)9-12/h1-7,9H,8,10H2. The zero-order valence-electron chi connectivity index (χ0n) is 12.4. The van der Waals surface area contributed by atoms with E-state index in [-0.39, 0.29) is 24.9 Å². The van der Waals surface area contributed by atoms with Gasteiger partial charge in [0.05, 0.1) is 6.42 Å². The van der Waals surface area contributed by atoms with Crippen molar-refractivity contribution in [3.63, 3.8) is 0 Å². The number of aromatic nitrogens is 2. The number of hydrogen-bond donors (Lipinski definition) is 0. The Bertz CT molecular complexity index is 847. The van der Waals surface area contributed by atoms with E-state index in [1.807, 2.05) is 48.5 Å². The van der Waals surface area contributed by atoms with E-state index in [1.165, 1.54) is 0 Å². The highest BCUT2D eigenvalue weighted by Crippen LogP contribution is 2.20. The van der Waals surface area contributed by atoms with Gasteiger partial charge in [0.15, 0.2) is 6.61 Å². The van der Waals surface area contributed by atoms with Gasteiger partial charge in [-0.2, -0.15) is 4.98 Å². The van der Waals surface area contributed by atoms with E-state index in [1.54, 1.807) is 0 Å². The Morgan fingerprint density at radius 1 is 1.08 bits per heavy atom. The van der Waals surface area contributed by atoms with Crippen LogP contribution in [-0.2, 0) is 22.6 Å². The van der Waals surface area contributed by atoms with Crippen LogP contribution in [0, 0.1) is 0 Å². The van der Waals surface area contributed by atoms with Crippen molar-refractivity contribution in [1.29, 1.82) is 0 Å². The number of halogens is 2. The predicted molar refractivity (Wildman–Crippen MR) is 95.1 cm³/mol. The summed E-state index contributed by atoms with van der Waals surface area (Å²) in [6.45, 7) is -0.0453. The first-order chi connectivity index (χ1) is 11.6. The van der Waals surface area contributed by atoms with Gasteiger partial charge in [0, 0.05) is 14.5 Å². The van der Waals surface area contributed by atoms with E-state index in [0.29, 0.717) is 5.82 Å². The SMILES string of the molecule is O=C(Cc1ccc(Br)cc1)OCc1nc(-c2cccc(Br)c2)no1. The Morgan fingerprint density at radius 2 is 1.88 bits per heavy atom. The van der Waals surface area contributed by atoms with Crippen LogP contribution >= 0.6 is 31.9 Å². The Hall–Kier alpha value is -1.99. The molecule has 122 valence electrons. The molecule has 0 fully saturated rings. The van der Waals surface area contributed by atoms with Gasteiger partial charge in [-0.05, 0) is 29.8 Å². The molecule has 1 aromatic heterocycles. The van der Waals surface area contributed by atoms with Crippen LogP contribution in [0.3, 0.4) is 0 Å². The molecule has 0 aliphatic carbocycles. The van der Waals surface area contributed by atoms with Crippen LogP contribution in [0.2, 0.25) is 0 Å². The Balaban J connectivity index is 1.57. The molecule has 3 rings (SSSR count). The number of benzene rings is 2. The summed E-state index contributed by atoms with van der Waals surface area (Å²) in [6, 6.07) is 15.0. The lowest BCUT2D eigenvalue weighted by molar-refractivity contribution is -0.144. The molecule has 0 saturated carbocycles. The van der Waals surface area contributed by atoms with Crippen LogP contribution in [0.15, 0.2) is 62.0 Å². The molecule has 0 aliphatic heterocycles. The fraction of sp³-hybridized carbons (Fsp3) is 0.118. The number of rotatable bonds is 5. The molecule has 0 aliphatic rings. The molecule has 7 heteroatoms. The number of ether oxygens (including phenoxy) is 1. The highest BCUT2D eigenvalue weighted by atomic mass is 79.9. The number of nitrogens with zero attached hydrogens (tertiary/aromatic N) is 2. The van der Waals surface area contributed by atoms with Gasteiger partial charge in [0.25, 0.3) is 5.89 Å². The smallest absolute Gasteiger partial charge is 0.310 e. The third-order valence-corrected chi connectivity index (χ3v) is 4.19. The molecular weight excluding hydrogens is 440 g/mol. The summed E-state index contributed by atoms with van der Waals surface area (Å²) >= 11 is 6.75. The van der Waals surface area contributed by atoms with Gasteiger partial charge >= 0.3 is 5.97 Å². The summed E-state index contributed by atoms with van der Waals surface area (Å²) < 4.78 is 12.2. The second kappa shape index (κ2) is 7.72. The number of hydrogen-bond acceptors (Lipinski definition) is 5. The van der Waals surface area contributed by atoms with Crippen molar-refractivity contribution in [1.82, 2.24) is 10.1 Å². The summed E-state index contributed by atoms with van der Waals surface area (Å²) in [7, 11) is 0. The van der Waals surface area contributed by atoms with Crippen molar-refractivity contribution in [2.24, 2.45) is 0 Å². The Morgan fingerprint density at radius 3 is 2.62 bits per heavy atom. The van der Waals surface area contributed by atoms with E-state index in [9.17, 15) is 4.79 Å². The molecule has 1 heterocycles. The maximum atomic E-state index is 11.9. The molecule has 5 nitrogen and oxygen atoms in total. The van der Waals surface area contributed by atoms with Gasteiger partial charge in [-0.25, -0.2) is 0 Å². The van der Waals surface area contributed by atoms with Crippen molar-refractivity contribution in [3.05, 3.63) is 68.9 Å². The molecule has 0 amide bonds. The molecule has 0 unspecified atom stereocenters. The van der Waals surface area contributed by atoms with Gasteiger partial charge in [0.1, 0.15) is 0 Å². The van der Waals surface area contributed by atoms with Gasteiger partial charge in [-0.15, -0.1) is 0 Å². The van der Waals surface area contributed by atoms with Crippen molar-refractivity contribution in [2.45, 2.75) is 13.0 Å². The van der Waals surface area contributed by atoms with E-state index in [2.05, 4.69) is 42.0 Å². The largest absolute Gasteiger partial charge is 0.455 e. The molecule has 2 aromatic carbocycles. The van der Waals surface area contributed by atoms with Crippen LogP contribution in [0.1, 0.15) is 11.5 Å². The fourth-order valence-corrected chi connectivity index (χ4v) is 2.68. The lowest BCUT2D eigenvalue weighted by Gasteiger charge is -2.02. The van der Waals surface area contributed by atoms with E-state index in [4.69, 9.17) is 9.26 Å². The number of carbonyl (C=O) groups is 1. The molecule has 0 saturated heterocycles.